The van der Waals surface area contributed by atoms with Crippen LogP contribution in [0.15, 0.2) is 140 Å². The van der Waals surface area contributed by atoms with E-state index in [1.807, 2.05) is 0 Å². The lowest BCUT2D eigenvalue weighted by Crippen LogP contribution is -2.22. The number of nitrogens with zero attached hydrogens (tertiary/aromatic N) is 2. The van der Waals surface area contributed by atoms with Crippen molar-refractivity contribution in [2.24, 2.45) is 0 Å². The van der Waals surface area contributed by atoms with E-state index in [2.05, 4.69) is 294 Å². The SMILES string of the molecule is CC(C)(C)c1ccc(-c2c(C(C)(C)C)cc(N(c3cc(C(C)(C)C)cc(C(C)(C)C)c3)c3ccc4ccc5c(-n6c7ccc(C(C)(C)C)cc7c7cc(C(C)(C)C)ccc76)ccc6ccc3c4c65)cc2C(C)(C)C)cc1. The molecule has 0 radical (unpaired) electrons. The van der Waals surface area contributed by atoms with E-state index >= 15 is 0 Å². The van der Waals surface area contributed by atoms with Gasteiger partial charge in [-0.05, 0) is 170 Å². The number of fused-ring (bicyclic) bond motifs is 3. The Morgan fingerprint density at radius 3 is 1.14 bits per heavy atom. The lowest BCUT2D eigenvalue weighted by Gasteiger charge is -2.36. The fraction of sp³-hybridized carbons (Fsp3) is 0.378. The van der Waals surface area contributed by atoms with Gasteiger partial charge < -0.3 is 9.47 Å². The highest BCUT2D eigenvalue weighted by Crippen LogP contribution is 2.51. The van der Waals surface area contributed by atoms with E-state index in [-0.39, 0.29) is 37.9 Å². The Balaban J connectivity index is 1.30. The Morgan fingerprint density at radius 2 is 0.697 bits per heavy atom. The molecular formula is C74H86N2. The predicted octanol–water partition coefficient (Wildman–Crippen LogP) is 21.9. The van der Waals surface area contributed by atoms with Crippen molar-refractivity contribution < 1.29 is 0 Å². The molecule has 0 N–H and O–H groups in total. The summed E-state index contributed by atoms with van der Waals surface area (Å²) in [5, 5.41) is 10.2. The van der Waals surface area contributed by atoms with Gasteiger partial charge in [0, 0.05) is 32.9 Å². The van der Waals surface area contributed by atoms with Crippen LogP contribution in [0.25, 0.3) is 70.9 Å². The van der Waals surface area contributed by atoms with E-state index < -0.39 is 0 Å². The van der Waals surface area contributed by atoms with E-state index in [1.54, 1.807) is 0 Å². The Morgan fingerprint density at radius 1 is 0.303 bits per heavy atom. The van der Waals surface area contributed by atoms with Crippen LogP contribution >= 0.6 is 0 Å². The molecule has 1 heterocycles. The Kier molecular flexibility index (Phi) is 12.3. The van der Waals surface area contributed by atoms with Gasteiger partial charge in [-0.3, -0.25) is 0 Å². The van der Waals surface area contributed by atoms with Crippen molar-refractivity contribution in [3.05, 3.63) is 178 Å². The highest BCUT2D eigenvalue weighted by molar-refractivity contribution is 6.27. The number of anilines is 3. The van der Waals surface area contributed by atoms with Gasteiger partial charge in [-0.2, -0.15) is 0 Å². The minimum absolute atomic E-state index is 0.0221. The Labute approximate surface area is 456 Å². The van der Waals surface area contributed by atoms with Crippen LogP contribution in [0, 0.1) is 0 Å². The minimum Gasteiger partial charge on any atom is -0.310 e. The quantitative estimate of drug-likeness (QED) is 0.156. The molecule has 10 aromatic rings. The van der Waals surface area contributed by atoms with Gasteiger partial charge in [-0.1, -0.05) is 224 Å². The van der Waals surface area contributed by atoms with Crippen molar-refractivity contribution in [2.45, 2.75) is 183 Å². The van der Waals surface area contributed by atoms with Gasteiger partial charge in [-0.15, -0.1) is 0 Å². The first kappa shape index (κ1) is 53.0. The first-order valence-corrected chi connectivity index (χ1v) is 28.2. The molecule has 2 nitrogen and oxygen atoms in total. The second-order valence-electron chi connectivity index (χ2n) is 29.7. The smallest absolute Gasteiger partial charge is 0.0541 e. The summed E-state index contributed by atoms with van der Waals surface area (Å²) in [5.74, 6) is 0. The van der Waals surface area contributed by atoms with Gasteiger partial charge in [0.05, 0.1) is 22.4 Å². The summed E-state index contributed by atoms with van der Waals surface area (Å²) in [6.45, 7) is 49.4. The molecule has 0 fully saturated rings. The van der Waals surface area contributed by atoms with E-state index in [9.17, 15) is 0 Å². The first-order chi connectivity index (χ1) is 35.1. The molecule has 10 rings (SSSR count). The molecule has 0 unspecified atom stereocenters. The normalized spacial score (nSPS) is 13.6. The van der Waals surface area contributed by atoms with Gasteiger partial charge in [-0.25, -0.2) is 0 Å². The first-order valence-electron chi connectivity index (χ1n) is 28.2. The zero-order chi connectivity index (χ0) is 55.2. The predicted molar refractivity (Wildman–Crippen MR) is 336 cm³/mol. The summed E-state index contributed by atoms with van der Waals surface area (Å²) in [5.41, 5.74) is 18.9. The molecule has 0 saturated heterocycles. The molecular weight excluding hydrogens is 917 g/mol. The molecule has 0 saturated carbocycles. The molecule has 9 aromatic carbocycles. The molecule has 0 spiro atoms. The molecule has 76 heavy (non-hydrogen) atoms. The standard InChI is InChI=1S/C74H86N2/c1-68(2,3)48-28-22-47(23-29-48)67-59(73(16,17)18)43-54(44-60(67)74(19,20)21)75(53-39-51(71(10,11)12)38-52(40-53)72(13,14)15)61-34-26-45-25-33-56-62(35-27-46-24-32-55(61)65(45)66(46)56)76-63-36-30-49(69(4,5)6)41-57(63)58-42-50(70(7,8)9)31-37-64(58)76/h22-44H,1-21H3. The van der Waals surface area contributed by atoms with Crippen LogP contribution in [0.1, 0.15) is 184 Å². The maximum Gasteiger partial charge on any atom is 0.0541 e. The van der Waals surface area contributed by atoms with E-state index in [4.69, 9.17) is 0 Å². The van der Waals surface area contributed by atoms with Gasteiger partial charge in [0.1, 0.15) is 0 Å². The number of aromatic nitrogens is 1. The number of hydrogen-bond acceptors (Lipinski definition) is 1. The monoisotopic (exact) mass is 1000 g/mol. The maximum absolute atomic E-state index is 2.63. The van der Waals surface area contributed by atoms with Crippen molar-refractivity contribution in [2.75, 3.05) is 4.90 Å². The number of benzene rings is 9. The van der Waals surface area contributed by atoms with Crippen LogP contribution in [0.5, 0.6) is 0 Å². The molecule has 0 bridgehead atoms. The van der Waals surface area contributed by atoms with Crippen molar-refractivity contribution in [3.63, 3.8) is 0 Å². The average molecular weight is 1000 g/mol. The van der Waals surface area contributed by atoms with Crippen molar-refractivity contribution >= 4 is 71.2 Å². The minimum atomic E-state index is -0.169. The highest BCUT2D eigenvalue weighted by Gasteiger charge is 2.32. The van der Waals surface area contributed by atoms with Gasteiger partial charge >= 0.3 is 0 Å². The van der Waals surface area contributed by atoms with E-state index in [0.29, 0.717) is 0 Å². The van der Waals surface area contributed by atoms with Gasteiger partial charge in [0.25, 0.3) is 0 Å². The molecule has 0 atom stereocenters. The van der Waals surface area contributed by atoms with Crippen molar-refractivity contribution in [3.8, 4) is 16.8 Å². The van der Waals surface area contributed by atoms with Crippen LogP contribution in [0.3, 0.4) is 0 Å². The topological polar surface area (TPSA) is 8.17 Å². The van der Waals surface area contributed by atoms with Crippen LogP contribution in [-0.2, 0) is 37.9 Å². The fourth-order valence-corrected chi connectivity index (χ4v) is 11.8. The van der Waals surface area contributed by atoms with Gasteiger partial charge in [0.2, 0.25) is 0 Å². The summed E-state index contributed by atoms with van der Waals surface area (Å²) in [6.07, 6.45) is 0. The third-order valence-corrected chi connectivity index (χ3v) is 16.5. The molecule has 0 aliphatic carbocycles. The lowest BCUT2D eigenvalue weighted by molar-refractivity contribution is 0.568. The Hall–Kier alpha value is -6.38. The molecule has 0 aliphatic rings. The zero-order valence-electron chi connectivity index (χ0n) is 50.2. The highest BCUT2D eigenvalue weighted by atomic mass is 15.1. The van der Waals surface area contributed by atoms with E-state index in [1.165, 1.54) is 127 Å². The Bertz CT molecular complexity index is 3740. The van der Waals surface area contributed by atoms with Crippen LogP contribution in [0.2, 0.25) is 0 Å². The van der Waals surface area contributed by atoms with Crippen LogP contribution in [-0.4, -0.2) is 4.57 Å². The summed E-state index contributed by atoms with van der Waals surface area (Å²) in [7, 11) is 0. The molecule has 0 amide bonds. The van der Waals surface area contributed by atoms with Gasteiger partial charge in [0.15, 0.2) is 0 Å². The third kappa shape index (κ3) is 9.30. The molecule has 0 aliphatic heterocycles. The van der Waals surface area contributed by atoms with Crippen molar-refractivity contribution in [1.29, 1.82) is 0 Å². The number of rotatable bonds is 5. The van der Waals surface area contributed by atoms with E-state index in [0.717, 1.165) is 0 Å². The summed E-state index contributed by atoms with van der Waals surface area (Å²) in [4.78, 5) is 2.63. The lowest BCUT2D eigenvalue weighted by atomic mass is 9.73. The second kappa shape index (κ2) is 17.6. The number of hydrogen-bond donors (Lipinski definition) is 0. The molecule has 1 aromatic heterocycles. The molecule has 392 valence electrons. The maximum atomic E-state index is 2.63. The van der Waals surface area contributed by atoms with Crippen LogP contribution in [0.4, 0.5) is 17.1 Å². The average Bonchev–Trinajstić information content (AvgIpc) is 3.65. The largest absolute Gasteiger partial charge is 0.310 e. The van der Waals surface area contributed by atoms with Crippen LogP contribution < -0.4 is 4.90 Å². The zero-order valence-corrected chi connectivity index (χ0v) is 50.2. The van der Waals surface area contributed by atoms with Crippen molar-refractivity contribution in [1.82, 2.24) is 4.57 Å². The second-order valence-corrected chi connectivity index (χ2v) is 29.7. The summed E-state index contributed by atoms with van der Waals surface area (Å²) < 4.78 is 2.55. The molecule has 2 heteroatoms. The third-order valence-electron chi connectivity index (χ3n) is 16.5. The summed E-state index contributed by atoms with van der Waals surface area (Å²) in [6, 6.07) is 55.4. The summed E-state index contributed by atoms with van der Waals surface area (Å²) >= 11 is 0. The fourth-order valence-electron chi connectivity index (χ4n) is 11.8.